The number of carbonyl (C=O) groups is 1. The summed E-state index contributed by atoms with van der Waals surface area (Å²) >= 11 is 1.61. The molecule has 1 amide bonds. The largest absolute Gasteiger partial charge is 0.444 e. The van der Waals surface area contributed by atoms with Crippen molar-refractivity contribution < 1.29 is 9.53 Å². The van der Waals surface area contributed by atoms with Crippen LogP contribution in [-0.2, 0) is 4.74 Å². The Morgan fingerprint density at radius 3 is 2.72 bits per heavy atom. The zero-order valence-corrected chi connectivity index (χ0v) is 20.5. The van der Waals surface area contributed by atoms with E-state index in [2.05, 4.69) is 25.7 Å². The van der Waals surface area contributed by atoms with Crippen molar-refractivity contribution in [2.24, 2.45) is 16.8 Å². The fourth-order valence-electron chi connectivity index (χ4n) is 5.21. The molecule has 32 heavy (non-hydrogen) atoms. The van der Waals surface area contributed by atoms with Gasteiger partial charge in [0.2, 0.25) is 0 Å². The van der Waals surface area contributed by atoms with Crippen molar-refractivity contribution in [2.75, 3.05) is 32.1 Å². The molecule has 3 heterocycles. The molecule has 174 valence electrons. The Balaban J connectivity index is 1.51. The number of nitrogens with two attached hydrogens (primary N) is 1. The van der Waals surface area contributed by atoms with Crippen molar-refractivity contribution >= 4 is 39.8 Å². The van der Waals surface area contributed by atoms with Crippen LogP contribution in [0, 0.1) is 11.8 Å². The number of anilines is 1. The standard InChI is InChI=1S/C23H34N6O2S/c1-23(2,3)31-22(30)28-9-8-15(11-28)14-6-7-16(10-14)29-12-17(21(25-4)32-5)18-19(24)26-13-27-20(18)29/h12-16H,6-11H2,1-5H3,(H2,24,26,27). The van der Waals surface area contributed by atoms with Gasteiger partial charge in [0.05, 0.1) is 10.4 Å². The number of rotatable bonds is 3. The molecular weight excluding hydrogens is 424 g/mol. The minimum absolute atomic E-state index is 0.189. The summed E-state index contributed by atoms with van der Waals surface area (Å²) in [5.41, 5.74) is 7.69. The SMILES string of the molecule is CN=C(SC)c1cn(C2CCC(C3CCN(C(=O)OC(C)(C)C)C3)C2)c2ncnc(N)c12. The summed E-state index contributed by atoms with van der Waals surface area (Å²) < 4.78 is 7.85. The van der Waals surface area contributed by atoms with Crippen molar-refractivity contribution in [3.05, 3.63) is 18.1 Å². The van der Waals surface area contributed by atoms with E-state index >= 15 is 0 Å². The predicted octanol–water partition coefficient (Wildman–Crippen LogP) is 4.35. The Kier molecular flexibility index (Phi) is 6.38. The summed E-state index contributed by atoms with van der Waals surface area (Å²) in [6.45, 7) is 7.32. The number of aromatic nitrogens is 3. The molecule has 1 saturated heterocycles. The lowest BCUT2D eigenvalue weighted by Gasteiger charge is -2.25. The second-order valence-electron chi connectivity index (χ2n) is 9.84. The number of carbonyl (C=O) groups excluding carboxylic acids is 1. The van der Waals surface area contributed by atoms with Gasteiger partial charge >= 0.3 is 6.09 Å². The van der Waals surface area contributed by atoms with Crippen LogP contribution in [0.15, 0.2) is 17.5 Å². The fourth-order valence-corrected chi connectivity index (χ4v) is 5.76. The van der Waals surface area contributed by atoms with E-state index in [0.717, 1.165) is 60.4 Å². The van der Waals surface area contributed by atoms with Crippen LogP contribution in [0.25, 0.3) is 11.0 Å². The molecule has 3 atom stereocenters. The van der Waals surface area contributed by atoms with E-state index < -0.39 is 5.60 Å². The van der Waals surface area contributed by atoms with Gasteiger partial charge in [0, 0.05) is 37.9 Å². The Labute approximate surface area is 194 Å². The van der Waals surface area contributed by atoms with Gasteiger partial charge in [-0.3, -0.25) is 4.99 Å². The molecular formula is C23H34N6O2S. The molecule has 2 aliphatic rings. The number of nitrogens with zero attached hydrogens (tertiary/aromatic N) is 5. The number of likely N-dealkylation sites (tertiary alicyclic amines) is 1. The van der Waals surface area contributed by atoms with Crippen LogP contribution in [-0.4, -0.2) is 62.6 Å². The summed E-state index contributed by atoms with van der Waals surface area (Å²) in [6, 6.07) is 0.362. The van der Waals surface area contributed by atoms with E-state index in [0.29, 0.717) is 23.7 Å². The van der Waals surface area contributed by atoms with Gasteiger partial charge in [-0.2, -0.15) is 0 Å². The van der Waals surface area contributed by atoms with Gasteiger partial charge < -0.3 is 19.9 Å². The van der Waals surface area contributed by atoms with Crippen molar-refractivity contribution in [3.8, 4) is 0 Å². The van der Waals surface area contributed by atoms with E-state index in [1.165, 1.54) is 0 Å². The maximum atomic E-state index is 12.5. The molecule has 2 N–H and O–H groups in total. The molecule has 2 fully saturated rings. The number of hydrogen-bond acceptors (Lipinski definition) is 7. The topological polar surface area (TPSA) is 98.6 Å². The van der Waals surface area contributed by atoms with E-state index in [-0.39, 0.29) is 6.09 Å². The number of nitrogen functional groups attached to an aromatic ring is 1. The molecule has 1 aliphatic heterocycles. The number of ether oxygens (including phenoxy) is 1. The van der Waals surface area contributed by atoms with Gasteiger partial charge in [0.15, 0.2) is 0 Å². The summed E-state index contributed by atoms with van der Waals surface area (Å²) in [6.07, 6.45) is 9.91. The molecule has 0 bridgehead atoms. The molecule has 9 heteroatoms. The van der Waals surface area contributed by atoms with Crippen molar-refractivity contribution in [1.29, 1.82) is 0 Å². The lowest BCUT2D eigenvalue weighted by atomic mass is 9.90. The van der Waals surface area contributed by atoms with Gasteiger partial charge in [-0.25, -0.2) is 14.8 Å². The molecule has 8 nitrogen and oxygen atoms in total. The predicted molar refractivity (Wildman–Crippen MR) is 130 cm³/mol. The van der Waals surface area contributed by atoms with Gasteiger partial charge in [-0.1, -0.05) is 0 Å². The first-order chi connectivity index (χ1) is 15.2. The van der Waals surface area contributed by atoms with E-state index in [4.69, 9.17) is 10.5 Å². The first-order valence-electron chi connectivity index (χ1n) is 11.3. The van der Waals surface area contributed by atoms with Crippen LogP contribution in [0.5, 0.6) is 0 Å². The zero-order chi connectivity index (χ0) is 23.0. The van der Waals surface area contributed by atoms with E-state index in [1.807, 2.05) is 31.9 Å². The Hall–Kier alpha value is -2.29. The third-order valence-electron chi connectivity index (χ3n) is 6.65. The Morgan fingerprint density at radius 2 is 2.03 bits per heavy atom. The van der Waals surface area contributed by atoms with Crippen molar-refractivity contribution in [2.45, 2.75) is 58.1 Å². The van der Waals surface area contributed by atoms with Crippen LogP contribution in [0.4, 0.5) is 10.6 Å². The van der Waals surface area contributed by atoms with Gasteiger partial charge in [-0.05, 0) is 64.5 Å². The number of amides is 1. The summed E-state index contributed by atoms with van der Waals surface area (Å²) in [5.74, 6) is 1.61. The first-order valence-corrected chi connectivity index (χ1v) is 12.5. The van der Waals surface area contributed by atoms with Gasteiger partial charge in [-0.15, -0.1) is 11.8 Å². The molecule has 2 aromatic heterocycles. The fraction of sp³-hybridized carbons (Fsp3) is 0.652. The molecule has 0 aromatic carbocycles. The van der Waals surface area contributed by atoms with Crippen LogP contribution in [0.1, 0.15) is 58.1 Å². The quantitative estimate of drug-likeness (QED) is 0.542. The Bertz CT molecular complexity index is 1030. The third-order valence-corrected chi connectivity index (χ3v) is 7.44. The third kappa shape index (κ3) is 4.44. The minimum atomic E-state index is -0.456. The highest BCUT2D eigenvalue weighted by atomic mass is 32.2. The number of hydrogen-bond donors (Lipinski definition) is 1. The smallest absolute Gasteiger partial charge is 0.410 e. The first kappa shape index (κ1) is 22.9. The van der Waals surface area contributed by atoms with E-state index in [9.17, 15) is 4.79 Å². The highest BCUT2D eigenvalue weighted by Gasteiger charge is 2.38. The van der Waals surface area contributed by atoms with Crippen LogP contribution < -0.4 is 5.73 Å². The van der Waals surface area contributed by atoms with Crippen LogP contribution in [0.3, 0.4) is 0 Å². The molecule has 2 aromatic rings. The average Bonchev–Trinajstić information content (AvgIpc) is 3.46. The zero-order valence-electron chi connectivity index (χ0n) is 19.7. The van der Waals surface area contributed by atoms with Crippen LogP contribution in [0.2, 0.25) is 0 Å². The summed E-state index contributed by atoms with van der Waals surface area (Å²) in [7, 11) is 1.80. The molecule has 0 spiro atoms. The Morgan fingerprint density at radius 1 is 1.25 bits per heavy atom. The molecule has 1 saturated carbocycles. The maximum absolute atomic E-state index is 12.5. The lowest BCUT2D eigenvalue weighted by Crippen LogP contribution is -2.35. The molecule has 3 unspecified atom stereocenters. The summed E-state index contributed by atoms with van der Waals surface area (Å²) in [4.78, 5) is 27.6. The minimum Gasteiger partial charge on any atom is -0.444 e. The van der Waals surface area contributed by atoms with Crippen molar-refractivity contribution in [3.63, 3.8) is 0 Å². The van der Waals surface area contributed by atoms with Crippen molar-refractivity contribution in [1.82, 2.24) is 19.4 Å². The maximum Gasteiger partial charge on any atom is 0.410 e. The highest BCUT2D eigenvalue weighted by molar-refractivity contribution is 8.13. The molecule has 1 aliphatic carbocycles. The molecule has 0 radical (unpaired) electrons. The normalized spacial score (nSPS) is 24.5. The summed E-state index contributed by atoms with van der Waals surface area (Å²) in [5, 5.41) is 1.83. The highest BCUT2D eigenvalue weighted by Crippen LogP contribution is 2.44. The van der Waals surface area contributed by atoms with E-state index in [1.54, 1.807) is 25.1 Å². The van der Waals surface area contributed by atoms with Crippen LogP contribution >= 0.6 is 11.8 Å². The second kappa shape index (κ2) is 8.92. The van der Waals surface area contributed by atoms with Gasteiger partial charge in [0.1, 0.15) is 23.4 Å². The second-order valence-corrected chi connectivity index (χ2v) is 10.6. The number of fused-ring (bicyclic) bond motifs is 1. The van der Waals surface area contributed by atoms with Gasteiger partial charge in [0.25, 0.3) is 0 Å². The average molecular weight is 459 g/mol. The number of aliphatic imine (C=N–C) groups is 1. The number of thioether (sulfide) groups is 1. The lowest BCUT2D eigenvalue weighted by molar-refractivity contribution is 0.0283. The molecule has 4 rings (SSSR count). The monoisotopic (exact) mass is 458 g/mol.